The number of nitrogens with zero attached hydrogens (tertiary/aromatic N) is 3. The predicted octanol–water partition coefficient (Wildman–Crippen LogP) is 1.99. The summed E-state index contributed by atoms with van der Waals surface area (Å²) in [5, 5.41) is 3.45. The maximum Gasteiger partial charge on any atom is 0.111 e. The van der Waals surface area contributed by atoms with Crippen molar-refractivity contribution in [3.63, 3.8) is 0 Å². The van der Waals surface area contributed by atoms with Crippen LogP contribution >= 0.6 is 0 Å². The summed E-state index contributed by atoms with van der Waals surface area (Å²) in [5.74, 6) is 2.60. The van der Waals surface area contributed by atoms with Gasteiger partial charge in [-0.1, -0.05) is 13.8 Å². The number of rotatable bonds is 3. The molecule has 3 rings (SSSR count). The minimum atomic E-state index is 0.516. The van der Waals surface area contributed by atoms with E-state index in [-0.39, 0.29) is 0 Å². The number of hydrogen-bond donors (Lipinski definition) is 1. The molecule has 1 N–H and O–H groups in total. The zero-order chi connectivity index (χ0) is 14.1. The van der Waals surface area contributed by atoms with E-state index < -0.39 is 0 Å². The SMILES string of the molecule is CC(C)c1nc2c(n1CC1CCCN(C)C1)CCNC2. The molecule has 112 valence electrons. The van der Waals surface area contributed by atoms with Crippen molar-refractivity contribution in [1.82, 2.24) is 19.8 Å². The third kappa shape index (κ3) is 2.77. The first kappa shape index (κ1) is 14.1. The van der Waals surface area contributed by atoms with Gasteiger partial charge in [0.15, 0.2) is 0 Å². The summed E-state index contributed by atoms with van der Waals surface area (Å²) < 4.78 is 2.56. The van der Waals surface area contributed by atoms with E-state index in [0.717, 1.165) is 25.4 Å². The highest BCUT2D eigenvalue weighted by Crippen LogP contribution is 2.25. The Morgan fingerprint density at radius 2 is 2.25 bits per heavy atom. The number of fused-ring (bicyclic) bond motifs is 1. The molecule has 0 aromatic carbocycles. The lowest BCUT2D eigenvalue weighted by molar-refractivity contribution is 0.192. The van der Waals surface area contributed by atoms with Crippen LogP contribution in [0.15, 0.2) is 0 Å². The number of hydrogen-bond acceptors (Lipinski definition) is 3. The highest BCUT2D eigenvalue weighted by Gasteiger charge is 2.25. The van der Waals surface area contributed by atoms with Crippen LogP contribution in [0.1, 0.15) is 49.8 Å². The smallest absolute Gasteiger partial charge is 0.111 e. The van der Waals surface area contributed by atoms with Crippen LogP contribution in [-0.4, -0.2) is 41.1 Å². The number of nitrogens with one attached hydrogen (secondary N) is 1. The van der Waals surface area contributed by atoms with Gasteiger partial charge in [0.1, 0.15) is 5.82 Å². The fourth-order valence-electron chi connectivity index (χ4n) is 3.72. The molecule has 1 atom stereocenters. The van der Waals surface area contributed by atoms with Gasteiger partial charge in [0.25, 0.3) is 0 Å². The first-order chi connectivity index (χ1) is 9.65. The Balaban J connectivity index is 1.85. The van der Waals surface area contributed by atoms with E-state index in [1.807, 2.05) is 0 Å². The molecule has 4 heteroatoms. The molecule has 1 aromatic heterocycles. The first-order valence-corrected chi connectivity index (χ1v) is 8.12. The van der Waals surface area contributed by atoms with Crippen LogP contribution in [-0.2, 0) is 19.5 Å². The molecule has 0 spiro atoms. The predicted molar refractivity (Wildman–Crippen MR) is 81.9 cm³/mol. The Bertz CT molecular complexity index is 463. The molecule has 0 bridgehead atoms. The zero-order valence-corrected chi connectivity index (χ0v) is 13.2. The summed E-state index contributed by atoms with van der Waals surface area (Å²) in [6.45, 7) is 10.3. The molecule has 1 saturated heterocycles. The number of likely N-dealkylation sites (tertiary alicyclic amines) is 1. The van der Waals surface area contributed by atoms with E-state index in [4.69, 9.17) is 4.98 Å². The lowest BCUT2D eigenvalue weighted by atomic mass is 9.98. The molecule has 1 fully saturated rings. The Kier molecular flexibility index (Phi) is 4.13. The molecule has 0 amide bonds. The average molecular weight is 276 g/mol. The fourth-order valence-corrected chi connectivity index (χ4v) is 3.72. The second-order valence-corrected chi connectivity index (χ2v) is 6.83. The van der Waals surface area contributed by atoms with Crippen molar-refractivity contribution < 1.29 is 0 Å². The van der Waals surface area contributed by atoms with E-state index >= 15 is 0 Å². The highest BCUT2D eigenvalue weighted by atomic mass is 15.1. The van der Waals surface area contributed by atoms with Crippen molar-refractivity contribution in [2.75, 3.05) is 26.7 Å². The molecule has 1 aromatic rings. The van der Waals surface area contributed by atoms with Crippen LogP contribution in [0.2, 0.25) is 0 Å². The van der Waals surface area contributed by atoms with Gasteiger partial charge in [-0.3, -0.25) is 0 Å². The maximum absolute atomic E-state index is 4.92. The number of piperidine rings is 1. The topological polar surface area (TPSA) is 33.1 Å². The molecule has 3 heterocycles. The summed E-state index contributed by atoms with van der Waals surface area (Å²) in [4.78, 5) is 7.40. The van der Waals surface area contributed by atoms with Gasteiger partial charge in [0.2, 0.25) is 0 Å². The van der Waals surface area contributed by atoms with E-state index in [0.29, 0.717) is 5.92 Å². The summed E-state index contributed by atoms with van der Waals surface area (Å²) in [6, 6.07) is 0. The molecule has 20 heavy (non-hydrogen) atoms. The van der Waals surface area contributed by atoms with Crippen LogP contribution in [0.3, 0.4) is 0 Å². The van der Waals surface area contributed by atoms with Crippen LogP contribution < -0.4 is 5.32 Å². The normalized spacial score (nSPS) is 24.1. The van der Waals surface area contributed by atoms with Crippen molar-refractivity contribution in [3.8, 4) is 0 Å². The van der Waals surface area contributed by atoms with E-state index in [1.165, 1.54) is 49.7 Å². The molecule has 0 aliphatic carbocycles. The summed E-state index contributed by atoms with van der Waals surface area (Å²) in [6.07, 6.45) is 3.85. The second kappa shape index (κ2) is 5.86. The number of aromatic nitrogens is 2. The molecule has 2 aliphatic rings. The van der Waals surface area contributed by atoms with Crippen LogP contribution in [0.5, 0.6) is 0 Å². The molecule has 4 nitrogen and oxygen atoms in total. The molecule has 1 unspecified atom stereocenters. The van der Waals surface area contributed by atoms with E-state index in [9.17, 15) is 0 Å². The summed E-state index contributed by atoms with van der Waals surface area (Å²) in [5.41, 5.74) is 2.80. The average Bonchev–Trinajstić information content (AvgIpc) is 2.78. The van der Waals surface area contributed by atoms with Crippen molar-refractivity contribution in [2.24, 2.45) is 5.92 Å². The maximum atomic E-state index is 4.92. The van der Waals surface area contributed by atoms with Crippen LogP contribution in [0.25, 0.3) is 0 Å². The Hall–Kier alpha value is -0.870. The third-order valence-corrected chi connectivity index (χ3v) is 4.70. The number of imidazole rings is 1. The van der Waals surface area contributed by atoms with Crippen molar-refractivity contribution in [3.05, 3.63) is 17.2 Å². The van der Waals surface area contributed by atoms with Crippen LogP contribution in [0.4, 0.5) is 0 Å². The molecule has 2 aliphatic heterocycles. The molecule has 0 saturated carbocycles. The summed E-state index contributed by atoms with van der Waals surface area (Å²) >= 11 is 0. The van der Waals surface area contributed by atoms with Gasteiger partial charge in [-0.15, -0.1) is 0 Å². The summed E-state index contributed by atoms with van der Waals surface area (Å²) in [7, 11) is 2.25. The Morgan fingerprint density at radius 1 is 1.40 bits per heavy atom. The van der Waals surface area contributed by atoms with Crippen molar-refractivity contribution in [2.45, 2.75) is 52.1 Å². The van der Waals surface area contributed by atoms with Gasteiger partial charge < -0.3 is 14.8 Å². The Labute approximate surface area is 122 Å². The van der Waals surface area contributed by atoms with Crippen molar-refractivity contribution >= 4 is 0 Å². The monoisotopic (exact) mass is 276 g/mol. The standard InChI is InChI=1S/C16H28N4/c1-12(2)16-18-14-9-17-7-6-15(14)20(16)11-13-5-4-8-19(3)10-13/h12-13,17H,4-11H2,1-3H3. The van der Waals surface area contributed by atoms with E-state index in [2.05, 4.69) is 35.7 Å². The quantitative estimate of drug-likeness (QED) is 0.916. The minimum Gasteiger partial charge on any atom is -0.331 e. The third-order valence-electron chi connectivity index (χ3n) is 4.70. The Morgan fingerprint density at radius 3 is 3.00 bits per heavy atom. The molecular weight excluding hydrogens is 248 g/mol. The largest absolute Gasteiger partial charge is 0.331 e. The van der Waals surface area contributed by atoms with Gasteiger partial charge >= 0.3 is 0 Å². The van der Waals surface area contributed by atoms with Gasteiger partial charge in [-0.2, -0.15) is 0 Å². The molecule has 0 radical (unpaired) electrons. The van der Waals surface area contributed by atoms with Crippen molar-refractivity contribution in [1.29, 1.82) is 0 Å². The minimum absolute atomic E-state index is 0.516. The second-order valence-electron chi connectivity index (χ2n) is 6.83. The van der Waals surface area contributed by atoms with Gasteiger partial charge in [0, 0.05) is 44.2 Å². The van der Waals surface area contributed by atoms with Gasteiger partial charge in [-0.05, 0) is 32.4 Å². The van der Waals surface area contributed by atoms with Crippen LogP contribution in [0, 0.1) is 5.92 Å². The lowest BCUT2D eigenvalue weighted by Gasteiger charge is -2.31. The van der Waals surface area contributed by atoms with E-state index in [1.54, 1.807) is 0 Å². The zero-order valence-electron chi connectivity index (χ0n) is 13.2. The van der Waals surface area contributed by atoms with Gasteiger partial charge in [0.05, 0.1) is 5.69 Å². The van der Waals surface area contributed by atoms with Gasteiger partial charge in [-0.25, -0.2) is 4.98 Å². The highest BCUT2D eigenvalue weighted by molar-refractivity contribution is 5.21. The first-order valence-electron chi connectivity index (χ1n) is 8.12. The lowest BCUT2D eigenvalue weighted by Crippen LogP contribution is -2.35. The molecular formula is C16H28N4. The fraction of sp³-hybridized carbons (Fsp3) is 0.812.